The Bertz CT molecular complexity index is 383. The van der Waals surface area contributed by atoms with Crippen molar-refractivity contribution in [3.63, 3.8) is 0 Å². The third-order valence-corrected chi connectivity index (χ3v) is 4.63. The molecule has 0 aliphatic heterocycles. The van der Waals surface area contributed by atoms with Crippen molar-refractivity contribution in [2.24, 2.45) is 23.3 Å². The van der Waals surface area contributed by atoms with Crippen molar-refractivity contribution in [1.82, 2.24) is 0 Å². The monoisotopic (exact) mass is 262 g/mol. The van der Waals surface area contributed by atoms with Gasteiger partial charge in [0.25, 0.3) is 0 Å². The first-order valence-corrected chi connectivity index (χ1v) is 7.60. The van der Waals surface area contributed by atoms with Crippen LogP contribution in [0.3, 0.4) is 0 Å². The van der Waals surface area contributed by atoms with Gasteiger partial charge in [-0.15, -0.1) is 0 Å². The van der Waals surface area contributed by atoms with Gasteiger partial charge in [-0.05, 0) is 60.4 Å². The van der Waals surface area contributed by atoms with E-state index in [1.54, 1.807) is 0 Å². The van der Waals surface area contributed by atoms with Gasteiger partial charge < -0.3 is 11.5 Å². The van der Waals surface area contributed by atoms with Gasteiger partial charge in [0, 0.05) is 0 Å². The third kappa shape index (κ3) is 3.80. The van der Waals surface area contributed by atoms with Gasteiger partial charge in [-0.1, -0.05) is 45.9 Å². The molecular formula is C17H30N2. The van der Waals surface area contributed by atoms with Gasteiger partial charge in [0.1, 0.15) is 0 Å². The number of rotatable bonds is 7. The average molecular weight is 262 g/mol. The normalized spacial score (nSPS) is 14.7. The van der Waals surface area contributed by atoms with Crippen LogP contribution in [-0.2, 0) is 12.8 Å². The minimum absolute atomic E-state index is 0.407. The SMILES string of the molecule is CCc1ccc(CC)c(C(C)C(C)C(CN)CN)c1. The molecule has 0 bridgehead atoms. The number of aryl methyl sites for hydroxylation is 2. The smallest absolute Gasteiger partial charge is 0.00340 e. The van der Waals surface area contributed by atoms with E-state index >= 15 is 0 Å². The number of nitrogens with two attached hydrogens (primary N) is 2. The Morgan fingerprint density at radius 1 is 1.00 bits per heavy atom. The zero-order chi connectivity index (χ0) is 14.4. The van der Waals surface area contributed by atoms with Gasteiger partial charge >= 0.3 is 0 Å². The first-order chi connectivity index (χ1) is 9.08. The van der Waals surface area contributed by atoms with Gasteiger partial charge in [0.15, 0.2) is 0 Å². The number of benzene rings is 1. The molecule has 2 atom stereocenters. The molecule has 0 heterocycles. The van der Waals surface area contributed by atoms with Crippen molar-refractivity contribution in [2.75, 3.05) is 13.1 Å². The molecule has 0 aliphatic carbocycles. The lowest BCUT2D eigenvalue weighted by molar-refractivity contribution is 0.327. The first-order valence-electron chi connectivity index (χ1n) is 7.60. The first kappa shape index (κ1) is 16.2. The Balaban J connectivity index is 3.05. The fraction of sp³-hybridized carbons (Fsp3) is 0.647. The fourth-order valence-corrected chi connectivity index (χ4v) is 2.83. The second-order valence-corrected chi connectivity index (χ2v) is 5.62. The van der Waals surface area contributed by atoms with Crippen LogP contribution in [-0.4, -0.2) is 13.1 Å². The lowest BCUT2D eigenvalue weighted by Gasteiger charge is -2.29. The molecule has 1 aromatic carbocycles. The maximum atomic E-state index is 5.85. The van der Waals surface area contributed by atoms with E-state index in [2.05, 4.69) is 45.9 Å². The summed E-state index contributed by atoms with van der Waals surface area (Å²) in [6.45, 7) is 10.4. The quantitative estimate of drug-likeness (QED) is 0.793. The van der Waals surface area contributed by atoms with E-state index in [1.807, 2.05) is 0 Å². The minimum atomic E-state index is 0.407. The van der Waals surface area contributed by atoms with Crippen molar-refractivity contribution in [1.29, 1.82) is 0 Å². The van der Waals surface area contributed by atoms with Crippen molar-refractivity contribution in [2.45, 2.75) is 46.5 Å². The average Bonchev–Trinajstić information content (AvgIpc) is 2.46. The van der Waals surface area contributed by atoms with Gasteiger partial charge in [-0.2, -0.15) is 0 Å². The molecule has 1 rings (SSSR count). The van der Waals surface area contributed by atoms with Crippen LogP contribution in [0.1, 0.15) is 50.3 Å². The molecular weight excluding hydrogens is 232 g/mol. The summed E-state index contributed by atoms with van der Waals surface area (Å²) in [6.07, 6.45) is 2.18. The van der Waals surface area contributed by atoms with Gasteiger partial charge in [0.05, 0.1) is 0 Å². The molecule has 0 spiro atoms. The zero-order valence-electron chi connectivity index (χ0n) is 12.9. The zero-order valence-corrected chi connectivity index (χ0v) is 12.9. The lowest BCUT2D eigenvalue weighted by Crippen LogP contribution is -2.31. The molecule has 0 saturated carbocycles. The summed E-state index contributed by atoms with van der Waals surface area (Å²) < 4.78 is 0. The van der Waals surface area contributed by atoms with Crippen LogP contribution in [0.5, 0.6) is 0 Å². The number of hydrogen-bond acceptors (Lipinski definition) is 2. The largest absolute Gasteiger partial charge is 0.330 e. The molecule has 108 valence electrons. The number of hydrogen-bond donors (Lipinski definition) is 2. The van der Waals surface area contributed by atoms with E-state index in [-0.39, 0.29) is 0 Å². The van der Waals surface area contributed by atoms with Gasteiger partial charge in [-0.3, -0.25) is 0 Å². The van der Waals surface area contributed by atoms with Crippen LogP contribution in [0.2, 0.25) is 0 Å². The molecule has 0 saturated heterocycles. The summed E-state index contributed by atoms with van der Waals surface area (Å²) in [7, 11) is 0. The van der Waals surface area contributed by atoms with Crippen LogP contribution >= 0.6 is 0 Å². The maximum Gasteiger partial charge on any atom is -0.00340 e. The van der Waals surface area contributed by atoms with Gasteiger partial charge in [0.2, 0.25) is 0 Å². The van der Waals surface area contributed by atoms with Crippen LogP contribution in [0, 0.1) is 11.8 Å². The molecule has 2 nitrogen and oxygen atoms in total. The Kier molecular flexibility index (Phi) is 6.53. The molecule has 0 aliphatic rings. The van der Waals surface area contributed by atoms with Crippen LogP contribution in [0.4, 0.5) is 0 Å². The highest BCUT2D eigenvalue weighted by Gasteiger charge is 2.23. The minimum Gasteiger partial charge on any atom is -0.330 e. The fourth-order valence-electron chi connectivity index (χ4n) is 2.83. The molecule has 19 heavy (non-hydrogen) atoms. The van der Waals surface area contributed by atoms with E-state index in [9.17, 15) is 0 Å². The second kappa shape index (κ2) is 7.66. The second-order valence-electron chi connectivity index (χ2n) is 5.62. The Morgan fingerprint density at radius 2 is 1.63 bits per heavy atom. The predicted molar refractivity (Wildman–Crippen MR) is 84.4 cm³/mol. The molecule has 1 aromatic rings. The molecule has 0 radical (unpaired) electrons. The van der Waals surface area contributed by atoms with E-state index in [0.29, 0.717) is 30.8 Å². The predicted octanol–water partition coefficient (Wildman–Crippen LogP) is 3.08. The summed E-state index contributed by atoms with van der Waals surface area (Å²) in [5, 5.41) is 0. The summed E-state index contributed by atoms with van der Waals surface area (Å²) >= 11 is 0. The van der Waals surface area contributed by atoms with Gasteiger partial charge in [-0.25, -0.2) is 0 Å². The molecule has 2 unspecified atom stereocenters. The summed E-state index contributed by atoms with van der Waals surface area (Å²) in [6, 6.07) is 6.92. The Hall–Kier alpha value is -0.860. The maximum absolute atomic E-state index is 5.85. The third-order valence-electron chi connectivity index (χ3n) is 4.63. The van der Waals surface area contributed by atoms with Crippen molar-refractivity contribution in [3.8, 4) is 0 Å². The van der Waals surface area contributed by atoms with Crippen LogP contribution in [0.15, 0.2) is 18.2 Å². The van der Waals surface area contributed by atoms with Crippen molar-refractivity contribution in [3.05, 3.63) is 34.9 Å². The van der Waals surface area contributed by atoms with Crippen molar-refractivity contribution < 1.29 is 0 Å². The molecule has 0 aromatic heterocycles. The Morgan fingerprint density at radius 3 is 2.11 bits per heavy atom. The van der Waals surface area contributed by atoms with E-state index in [4.69, 9.17) is 11.5 Å². The highest BCUT2D eigenvalue weighted by atomic mass is 14.6. The molecule has 0 amide bonds. The highest BCUT2D eigenvalue weighted by Crippen LogP contribution is 2.32. The highest BCUT2D eigenvalue weighted by molar-refractivity contribution is 5.35. The van der Waals surface area contributed by atoms with Crippen molar-refractivity contribution >= 4 is 0 Å². The molecule has 4 N–H and O–H groups in total. The standard InChI is InChI=1S/C17H30N2/c1-5-14-7-8-15(6-2)17(9-14)13(4)12(3)16(10-18)11-19/h7-9,12-13,16H,5-6,10-11,18-19H2,1-4H3. The lowest BCUT2D eigenvalue weighted by atomic mass is 9.78. The summed E-state index contributed by atoms with van der Waals surface area (Å²) in [5.74, 6) is 1.44. The summed E-state index contributed by atoms with van der Waals surface area (Å²) in [4.78, 5) is 0. The molecule has 0 fully saturated rings. The van der Waals surface area contributed by atoms with Crippen LogP contribution < -0.4 is 11.5 Å². The van der Waals surface area contributed by atoms with E-state index in [0.717, 1.165) is 12.8 Å². The topological polar surface area (TPSA) is 52.0 Å². The van der Waals surface area contributed by atoms with E-state index < -0.39 is 0 Å². The molecule has 2 heteroatoms. The van der Waals surface area contributed by atoms with E-state index in [1.165, 1.54) is 16.7 Å². The van der Waals surface area contributed by atoms with Crippen LogP contribution in [0.25, 0.3) is 0 Å². The summed E-state index contributed by atoms with van der Waals surface area (Å²) in [5.41, 5.74) is 16.1. The Labute approximate surface area is 118 Å².